The van der Waals surface area contributed by atoms with Crippen molar-refractivity contribution in [1.82, 2.24) is 9.97 Å². The second-order valence-corrected chi connectivity index (χ2v) is 12.6. The standard InChI is InChI=1S/C32H26NO.C11H8N.Ir/c1-20-19-33-29(27-10-7-9-26-25-8-5-6-11-30(25)34-31(26)27)18-28(20)23-13-12-22-17-24(32(2,3)4)15-14-21(22)16-23;1-2-6-10(7-3-1)11-8-4-5-9-12-11;/h5-9,11-19H,1-4H3;1-6,8-9H;/q2*-1;. The van der Waals surface area contributed by atoms with E-state index in [0.717, 1.165) is 50.0 Å². The molecule has 0 unspecified atom stereocenters. The first-order valence-electron chi connectivity index (χ1n) is 15.6. The molecule has 0 saturated heterocycles. The molecule has 0 spiro atoms. The largest absolute Gasteiger partial charge is 0.501 e. The molecule has 4 heteroatoms. The minimum absolute atomic E-state index is 0. The Morgan fingerprint density at radius 1 is 0.660 bits per heavy atom. The summed E-state index contributed by atoms with van der Waals surface area (Å²) in [6, 6.07) is 48.0. The van der Waals surface area contributed by atoms with Crippen molar-refractivity contribution in [2.75, 3.05) is 0 Å². The van der Waals surface area contributed by atoms with E-state index in [2.05, 4.69) is 99.4 Å². The normalized spacial score (nSPS) is 11.2. The number of benzene rings is 5. The van der Waals surface area contributed by atoms with Crippen molar-refractivity contribution >= 4 is 32.7 Å². The molecule has 5 aromatic carbocycles. The van der Waals surface area contributed by atoms with Crippen LogP contribution in [-0.4, -0.2) is 9.97 Å². The molecule has 0 N–H and O–H groups in total. The van der Waals surface area contributed by atoms with E-state index >= 15 is 0 Å². The topological polar surface area (TPSA) is 38.9 Å². The molecule has 8 rings (SSSR count). The molecule has 0 fully saturated rings. The first-order valence-corrected chi connectivity index (χ1v) is 15.6. The van der Waals surface area contributed by atoms with Crippen molar-refractivity contribution in [2.24, 2.45) is 0 Å². The summed E-state index contributed by atoms with van der Waals surface area (Å²) in [6.07, 6.45) is 3.74. The van der Waals surface area contributed by atoms with E-state index in [-0.39, 0.29) is 25.5 Å². The van der Waals surface area contributed by atoms with Crippen LogP contribution in [0.1, 0.15) is 31.9 Å². The van der Waals surface area contributed by atoms with E-state index < -0.39 is 0 Å². The van der Waals surface area contributed by atoms with Gasteiger partial charge in [-0.15, -0.1) is 54.1 Å². The molecule has 3 heterocycles. The Bertz CT molecular complexity index is 2260. The van der Waals surface area contributed by atoms with Gasteiger partial charge in [0.15, 0.2) is 0 Å². The van der Waals surface area contributed by atoms with Crippen LogP contribution in [0.3, 0.4) is 0 Å². The summed E-state index contributed by atoms with van der Waals surface area (Å²) < 4.78 is 6.24. The number of rotatable bonds is 3. The number of hydrogen-bond donors (Lipinski definition) is 0. The summed E-state index contributed by atoms with van der Waals surface area (Å²) in [7, 11) is 0. The number of para-hydroxylation sites is 1. The van der Waals surface area contributed by atoms with Gasteiger partial charge in [-0.1, -0.05) is 98.5 Å². The molecule has 3 aromatic heterocycles. The number of hydrogen-bond acceptors (Lipinski definition) is 3. The monoisotopic (exact) mass is 787 g/mol. The Kier molecular flexibility index (Phi) is 9.18. The van der Waals surface area contributed by atoms with E-state index in [1.807, 2.05) is 72.9 Å². The molecule has 1 radical (unpaired) electrons. The van der Waals surface area contributed by atoms with Crippen molar-refractivity contribution < 1.29 is 24.5 Å². The number of nitrogens with zero attached hydrogens (tertiary/aromatic N) is 2. The van der Waals surface area contributed by atoms with E-state index in [0.29, 0.717) is 0 Å². The molecule has 0 amide bonds. The van der Waals surface area contributed by atoms with Crippen molar-refractivity contribution in [1.29, 1.82) is 0 Å². The Morgan fingerprint density at radius 2 is 1.45 bits per heavy atom. The molecule has 3 nitrogen and oxygen atoms in total. The molecule has 0 aliphatic heterocycles. The Balaban J connectivity index is 0.000000250. The van der Waals surface area contributed by atoms with E-state index in [1.54, 1.807) is 6.20 Å². The van der Waals surface area contributed by atoms with Gasteiger partial charge in [0.05, 0.1) is 5.58 Å². The summed E-state index contributed by atoms with van der Waals surface area (Å²) in [5.74, 6) is 0. The van der Waals surface area contributed by atoms with Crippen LogP contribution in [0.2, 0.25) is 0 Å². The van der Waals surface area contributed by atoms with E-state index in [1.165, 1.54) is 27.5 Å². The molecular formula is C43H34IrN2O-2. The maximum Gasteiger partial charge on any atom is 0.120 e. The number of furan rings is 1. The molecular weight excluding hydrogens is 753 g/mol. The molecule has 0 atom stereocenters. The fourth-order valence-electron chi connectivity index (χ4n) is 5.81. The van der Waals surface area contributed by atoms with Crippen LogP contribution in [0.5, 0.6) is 0 Å². The third-order valence-electron chi connectivity index (χ3n) is 8.37. The smallest absolute Gasteiger partial charge is 0.120 e. The fourth-order valence-corrected chi connectivity index (χ4v) is 5.81. The molecule has 47 heavy (non-hydrogen) atoms. The number of aromatic nitrogens is 2. The predicted molar refractivity (Wildman–Crippen MR) is 191 cm³/mol. The minimum Gasteiger partial charge on any atom is -0.501 e. The zero-order valence-corrected chi connectivity index (χ0v) is 29.2. The third kappa shape index (κ3) is 6.67. The van der Waals surface area contributed by atoms with Gasteiger partial charge in [0.25, 0.3) is 0 Å². The van der Waals surface area contributed by atoms with Crippen LogP contribution < -0.4 is 0 Å². The Labute approximate surface area is 289 Å². The summed E-state index contributed by atoms with van der Waals surface area (Å²) in [5.41, 5.74) is 10.5. The SMILES string of the molecule is Cc1cnc(-c2[c-]ccc3c2oc2ccccc23)cc1-c1ccc2cc(C(C)(C)C)ccc2c1.[Ir].[c-]1ccccc1-c1ccccn1. The van der Waals surface area contributed by atoms with Gasteiger partial charge < -0.3 is 14.4 Å². The van der Waals surface area contributed by atoms with Crippen LogP contribution in [0.4, 0.5) is 0 Å². The van der Waals surface area contributed by atoms with Gasteiger partial charge in [-0.25, -0.2) is 0 Å². The maximum atomic E-state index is 6.24. The first-order chi connectivity index (χ1) is 22.3. The van der Waals surface area contributed by atoms with Gasteiger partial charge in [0.2, 0.25) is 0 Å². The fraction of sp³-hybridized carbons (Fsp3) is 0.116. The summed E-state index contributed by atoms with van der Waals surface area (Å²) in [5, 5.41) is 4.72. The number of aryl methyl sites for hydroxylation is 1. The Hall–Kier alpha value is -4.89. The van der Waals surface area contributed by atoms with Gasteiger partial charge in [-0.3, -0.25) is 0 Å². The molecule has 0 saturated carbocycles. The summed E-state index contributed by atoms with van der Waals surface area (Å²) in [4.78, 5) is 8.98. The Morgan fingerprint density at radius 3 is 2.23 bits per heavy atom. The number of fused-ring (bicyclic) bond motifs is 4. The quantitative estimate of drug-likeness (QED) is 0.167. The van der Waals surface area contributed by atoms with Crippen molar-refractivity contribution in [2.45, 2.75) is 33.1 Å². The predicted octanol–water partition coefficient (Wildman–Crippen LogP) is 11.4. The average molecular weight is 787 g/mol. The summed E-state index contributed by atoms with van der Waals surface area (Å²) in [6.45, 7) is 8.88. The van der Waals surface area contributed by atoms with Crippen LogP contribution >= 0.6 is 0 Å². The second-order valence-electron chi connectivity index (χ2n) is 12.6. The van der Waals surface area contributed by atoms with Gasteiger partial charge >= 0.3 is 0 Å². The molecule has 0 aliphatic carbocycles. The van der Waals surface area contributed by atoms with Crippen molar-refractivity contribution in [3.05, 3.63) is 157 Å². The average Bonchev–Trinajstić information content (AvgIpc) is 3.48. The zero-order chi connectivity index (χ0) is 31.7. The minimum atomic E-state index is 0. The molecule has 0 aliphatic rings. The second kappa shape index (κ2) is 13.5. The van der Waals surface area contributed by atoms with Gasteiger partial charge in [0.1, 0.15) is 5.58 Å². The van der Waals surface area contributed by atoms with Gasteiger partial charge in [-0.2, -0.15) is 0 Å². The molecule has 0 bridgehead atoms. The van der Waals surface area contributed by atoms with Crippen LogP contribution in [0.15, 0.2) is 138 Å². The summed E-state index contributed by atoms with van der Waals surface area (Å²) >= 11 is 0. The molecule has 233 valence electrons. The van der Waals surface area contributed by atoms with Crippen molar-refractivity contribution in [3.63, 3.8) is 0 Å². The van der Waals surface area contributed by atoms with Crippen LogP contribution in [-0.2, 0) is 25.5 Å². The zero-order valence-electron chi connectivity index (χ0n) is 26.8. The first kappa shape index (κ1) is 32.1. The van der Waals surface area contributed by atoms with Gasteiger partial charge in [-0.05, 0) is 75.0 Å². The van der Waals surface area contributed by atoms with E-state index in [4.69, 9.17) is 9.40 Å². The van der Waals surface area contributed by atoms with Crippen LogP contribution in [0.25, 0.3) is 66.4 Å². The van der Waals surface area contributed by atoms with E-state index in [9.17, 15) is 0 Å². The molecule has 8 aromatic rings. The van der Waals surface area contributed by atoms with Crippen LogP contribution in [0, 0.1) is 19.1 Å². The maximum absolute atomic E-state index is 6.24. The third-order valence-corrected chi connectivity index (χ3v) is 8.37. The van der Waals surface area contributed by atoms with Gasteiger partial charge in [0, 0.05) is 37.9 Å². The number of pyridine rings is 2. The van der Waals surface area contributed by atoms with Crippen molar-refractivity contribution in [3.8, 4) is 33.6 Å².